The first-order valence-electron chi connectivity index (χ1n) is 7.51. The van der Waals surface area contributed by atoms with Crippen molar-refractivity contribution in [1.29, 1.82) is 0 Å². The lowest BCUT2D eigenvalue weighted by Crippen LogP contribution is -2.44. The highest BCUT2D eigenvalue weighted by atomic mass is 16.2. The van der Waals surface area contributed by atoms with Gasteiger partial charge in [-0.15, -0.1) is 6.58 Å². The van der Waals surface area contributed by atoms with Crippen LogP contribution < -0.4 is 10.6 Å². The van der Waals surface area contributed by atoms with Crippen LogP contribution in [0.2, 0.25) is 0 Å². The van der Waals surface area contributed by atoms with E-state index in [9.17, 15) is 4.79 Å². The first-order valence-corrected chi connectivity index (χ1v) is 7.51. The molecule has 1 fully saturated rings. The number of nitrogens with one attached hydrogen (secondary N) is 2. The van der Waals surface area contributed by atoms with Crippen molar-refractivity contribution in [2.24, 2.45) is 0 Å². The lowest BCUT2D eigenvalue weighted by Gasteiger charge is -2.33. The van der Waals surface area contributed by atoms with Crippen molar-refractivity contribution in [3.8, 4) is 0 Å². The highest BCUT2D eigenvalue weighted by molar-refractivity contribution is 5.81. The van der Waals surface area contributed by atoms with Gasteiger partial charge in [-0.05, 0) is 52.7 Å². The number of hydrogen-bond donors (Lipinski definition) is 2. The molecule has 0 radical (unpaired) electrons. The Kier molecular flexibility index (Phi) is 7.75. The van der Waals surface area contributed by atoms with Crippen molar-refractivity contribution in [3.63, 3.8) is 0 Å². The molecule has 4 heteroatoms. The van der Waals surface area contributed by atoms with Crippen LogP contribution in [0, 0.1) is 0 Å². The van der Waals surface area contributed by atoms with E-state index in [1.54, 1.807) is 6.08 Å². The van der Waals surface area contributed by atoms with Crippen LogP contribution in [0.1, 0.15) is 39.5 Å². The molecule has 1 aliphatic heterocycles. The van der Waals surface area contributed by atoms with E-state index in [1.807, 2.05) is 6.92 Å². The van der Waals surface area contributed by atoms with Crippen molar-refractivity contribution < 1.29 is 4.79 Å². The fourth-order valence-corrected chi connectivity index (χ4v) is 2.51. The maximum Gasteiger partial charge on any atom is 0.237 e. The van der Waals surface area contributed by atoms with Crippen LogP contribution in [0.25, 0.3) is 0 Å². The first-order chi connectivity index (χ1) is 9.15. The maximum atomic E-state index is 11.6. The highest BCUT2D eigenvalue weighted by Crippen LogP contribution is 2.15. The summed E-state index contributed by atoms with van der Waals surface area (Å²) in [7, 11) is 0. The first kappa shape index (κ1) is 16.2. The standard InChI is InChI=1S/C15H29N3O/c1-4-9-17-15(19)14(3)16-10-7-12-18-11-6-5-8-13(18)2/h4,13-14,16H,1,5-12H2,2-3H3,(H,17,19). The van der Waals surface area contributed by atoms with Gasteiger partial charge in [0.1, 0.15) is 0 Å². The fraction of sp³-hybridized carbons (Fsp3) is 0.800. The Labute approximate surface area is 117 Å². The summed E-state index contributed by atoms with van der Waals surface area (Å²) < 4.78 is 0. The van der Waals surface area contributed by atoms with Gasteiger partial charge in [0.25, 0.3) is 0 Å². The minimum absolute atomic E-state index is 0.0474. The van der Waals surface area contributed by atoms with Crippen LogP contribution in [-0.4, -0.2) is 49.1 Å². The van der Waals surface area contributed by atoms with Gasteiger partial charge in [0.05, 0.1) is 6.04 Å². The number of piperidine rings is 1. The van der Waals surface area contributed by atoms with Gasteiger partial charge in [0, 0.05) is 12.6 Å². The summed E-state index contributed by atoms with van der Waals surface area (Å²) in [6.07, 6.45) is 6.83. The van der Waals surface area contributed by atoms with Gasteiger partial charge in [0.15, 0.2) is 0 Å². The van der Waals surface area contributed by atoms with E-state index < -0.39 is 0 Å². The Morgan fingerprint density at radius 1 is 1.53 bits per heavy atom. The number of carbonyl (C=O) groups is 1. The molecule has 0 aromatic rings. The van der Waals surface area contributed by atoms with E-state index in [4.69, 9.17) is 0 Å². The predicted molar refractivity (Wildman–Crippen MR) is 80.2 cm³/mol. The second-order valence-electron chi connectivity index (χ2n) is 5.44. The predicted octanol–water partition coefficient (Wildman–Crippen LogP) is 1.53. The topological polar surface area (TPSA) is 44.4 Å². The molecule has 1 amide bonds. The van der Waals surface area contributed by atoms with Crippen LogP contribution >= 0.6 is 0 Å². The van der Waals surface area contributed by atoms with E-state index in [-0.39, 0.29) is 11.9 Å². The zero-order valence-electron chi connectivity index (χ0n) is 12.5. The van der Waals surface area contributed by atoms with Gasteiger partial charge < -0.3 is 15.5 Å². The molecule has 0 spiro atoms. The van der Waals surface area contributed by atoms with E-state index in [2.05, 4.69) is 29.0 Å². The lowest BCUT2D eigenvalue weighted by atomic mass is 10.0. The molecule has 2 N–H and O–H groups in total. The average Bonchev–Trinajstić information content (AvgIpc) is 2.42. The van der Waals surface area contributed by atoms with Crippen molar-refractivity contribution in [2.45, 2.75) is 51.6 Å². The van der Waals surface area contributed by atoms with Gasteiger partial charge in [-0.1, -0.05) is 12.5 Å². The van der Waals surface area contributed by atoms with Crippen LogP contribution in [0.15, 0.2) is 12.7 Å². The molecular weight excluding hydrogens is 238 g/mol. The molecule has 1 rings (SSSR count). The SMILES string of the molecule is C=CCNC(=O)C(C)NCCCN1CCCCC1C. The number of likely N-dealkylation sites (tertiary alicyclic amines) is 1. The number of hydrogen-bond acceptors (Lipinski definition) is 3. The number of nitrogens with zero attached hydrogens (tertiary/aromatic N) is 1. The second-order valence-corrected chi connectivity index (χ2v) is 5.44. The molecule has 1 saturated heterocycles. The molecule has 2 atom stereocenters. The third-order valence-electron chi connectivity index (χ3n) is 3.83. The monoisotopic (exact) mass is 267 g/mol. The minimum atomic E-state index is -0.126. The highest BCUT2D eigenvalue weighted by Gasteiger charge is 2.17. The molecule has 0 aliphatic carbocycles. The van der Waals surface area contributed by atoms with E-state index in [1.165, 1.54) is 25.8 Å². The maximum absolute atomic E-state index is 11.6. The zero-order chi connectivity index (χ0) is 14.1. The normalized spacial score (nSPS) is 21.9. The van der Waals surface area contributed by atoms with Crippen LogP contribution in [0.5, 0.6) is 0 Å². The molecule has 0 aromatic carbocycles. The number of amides is 1. The summed E-state index contributed by atoms with van der Waals surface area (Å²) in [5.41, 5.74) is 0. The molecule has 0 bridgehead atoms. The molecule has 0 saturated carbocycles. The molecule has 1 aliphatic rings. The molecular formula is C15H29N3O. The van der Waals surface area contributed by atoms with Crippen LogP contribution in [0.4, 0.5) is 0 Å². The Hall–Kier alpha value is -0.870. The van der Waals surface area contributed by atoms with Gasteiger partial charge >= 0.3 is 0 Å². The summed E-state index contributed by atoms with van der Waals surface area (Å²) in [5, 5.41) is 6.07. The molecule has 0 aromatic heterocycles. The summed E-state index contributed by atoms with van der Waals surface area (Å²) >= 11 is 0. The summed E-state index contributed by atoms with van der Waals surface area (Å²) in [6, 6.07) is 0.598. The second kappa shape index (κ2) is 9.10. The van der Waals surface area contributed by atoms with Crippen LogP contribution in [-0.2, 0) is 4.79 Å². The van der Waals surface area contributed by atoms with E-state index >= 15 is 0 Å². The summed E-state index contributed by atoms with van der Waals surface area (Å²) in [5.74, 6) is 0.0474. The quantitative estimate of drug-likeness (QED) is 0.518. The summed E-state index contributed by atoms with van der Waals surface area (Å²) in [4.78, 5) is 14.2. The van der Waals surface area contributed by atoms with Crippen molar-refractivity contribution in [1.82, 2.24) is 15.5 Å². The Morgan fingerprint density at radius 2 is 2.32 bits per heavy atom. The molecule has 4 nitrogen and oxygen atoms in total. The molecule has 110 valence electrons. The van der Waals surface area contributed by atoms with E-state index in [0.717, 1.165) is 25.6 Å². The Bertz CT molecular complexity index is 281. The van der Waals surface area contributed by atoms with Crippen molar-refractivity contribution in [3.05, 3.63) is 12.7 Å². The number of carbonyl (C=O) groups excluding carboxylic acids is 1. The van der Waals surface area contributed by atoms with Crippen molar-refractivity contribution >= 4 is 5.91 Å². The molecule has 19 heavy (non-hydrogen) atoms. The Balaban J connectivity index is 2.09. The minimum Gasteiger partial charge on any atom is -0.351 e. The fourth-order valence-electron chi connectivity index (χ4n) is 2.51. The Morgan fingerprint density at radius 3 is 3.00 bits per heavy atom. The van der Waals surface area contributed by atoms with E-state index in [0.29, 0.717) is 6.54 Å². The number of rotatable bonds is 8. The largest absolute Gasteiger partial charge is 0.351 e. The van der Waals surface area contributed by atoms with Gasteiger partial charge in [-0.3, -0.25) is 4.79 Å². The van der Waals surface area contributed by atoms with Crippen molar-refractivity contribution in [2.75, 3.05) is 26.2 Å². The summed E-state index contributed by atoms with van der Waals surface area (Å²) in [6.45, 7) is 11.6. The average molecular weight is 267 g/mol. The smallest absolute Gasteiger partial charge is 0.237 e. The molecule has 1 heterocycles. The van der Waals surface area contributed by atoms with Gasteiger partial charge in [0.2, 0.25) is 5.91 Å². The molecule has 2 unspecified atom stereocenters. The zero-order valence-corrected chi connectivity index (χ0v) is 12.5. The lowest BCUT2D eigenvalue weighted by molar-refractivity contribution is -0.122. The third kappa shape index (κ3) is 6.21. The van der Waals surface area contributed by atoms with Gasteiger partial charge in [-0.2, -0.15) is 0 Å². The van der Waals surface area contributed by atoms with Gasteiger partial charge in [-0.25, -0.2) is 0 Å². The third-order valence-corrected chi connectivity index (χ3v) is 3.83. The van der Waals surface area contributed by atoms with Crippen LogP contribution in [0.3, 0.4) is 0 Å².